The van der Waals surface area contributed by atoms with E-state index in [1.165, 1.54) is 11.2 Å². The Labute approximate surface area is 211 Å². The molecule has 3 aromatic heterocycles. The van der Waals surface area contributed by atoms with Crippen molar-refractivity contribution in [2.45, 2.75) is 12.5 Å². The third-order valence-corrected chi connectivity index (χ3v) is 6.60. The minimum atomic E-state index is -1.04. The van der Waals surface area contributed by atoms with Gasteiger partial charge >= 0.3 is 0 Å². The molecule has 4 heterocycles. The SMILES string of the molecule is N#CCC(CN1CCN(C(=O)c2c(F)cc(C#N)cc2F)CC1)n1ccc(-c2ncnc3[nH]ccc23)c1. The molecule has 1 saturated heterocycles. The van der Waals surface area contributed by atoms with Crippen LogP contribution in [0, 0.1) is 34.3 Å². The van der Waals surface area contributed by atoms with Gasteiger partial charge in [0.1, 0.15) is 29.2 Å². The van der Waals surface area contributed by atoms with E-state index < -0.39 is 23.1 Å². The normalized spacial score (nSPS) is 14.9. The molecule has 0 radical (unpaired) electrons. The second-order valence-corrected chi connectivity index (χ2v) is 8.85. The van der Waals surface area contributed by atoms with Crippen LogP contribution >= 0.6 is 0 Å². The van der Waals surface area contributed by atoms with Gasteiger partial charge in [-0.25, -0.2) is 18.7 Å². The molecule has 1 atom stereocenters. The summed E-state index contributed by atoms with van der Waals surface area (Å²) in [7, 11) is 0. The Hall–Kier alpha value is -4.61. The van der Waals surface area contributed by atoms with Gasteiger partial charge in [-0.2, -0.15) is 10.5 Å². The topological polar surface area (TPSA) is 118 Å². The van der Waals surface area contributed by atoms with E-state index in [0.717, 1.165) is 34.4 Å². The Balaban J connectivity index is 1.26. The summed E-state index contributed by atoms with van der Waals surface area (Å²) >= 11 is 0. The summed E-state index contributed by atoms with van der Waals surface area (Å²) in [6.07, 6.45) is 7.50. The molecule has 1 aromatic carbocycles. The Morgan fingerprint density at radius 1 is 1.11 bits per heavy atom. The van der Waals surface area contributed by atoms with Crippen LogP contribution in [0.3, 0.4) is 0 Å². The molecule has 9 nitrogen and oxygen atoms in total. The van der Waals surface area contributed by atoms with E-state index in [4.69, 9.17) is 5.26 Å². The summed E-state index contributed by atoms with van der Waals surface area (Å²) in [5.74, 6) is -2.81. The number of piperazine rings is 1. The van der Waals surface area contributed by atoms with Crippen LogP contribution in [-0.2, 0) is 0 Å². The molecule has 1 fully saturated rings. The standard InChI is InChI=1S/C26H22F2N8O/c27-21-11-17(13-30)12-22(28)23(21)26(37)35-9-7-34(8-10-35)15-19(1-4-29)36-6-3-18(14-36)24-20-2-5-31-25(20)33-16-32-24/h2-3,5-6,11-12,14,16,19H,1,7-10,15H2,(H,31,32,33). The van der Waals surface area contributed by atoms with Crippen molar-refractivity contribution in [1.29, 1.82) is 10.5 Å². The van der Waals surface area contributed by atoms with E-state index in [2.05, 4.69) is 25.9 Å². The van der Waals surface area contributed by atoms with Crippen molar-refractivity contribution >= 4 is 16.9 Å². The van der Waals surface area contributed by atoms with Crippen LogP contribution in [0.5, 0.6) is 0 Å². The average molecular weight is 501 g/mol. The van der Waals surface area contributed by atoms with Gasteiger partial charge in [0.05, 0.1) is 35.9 Å². The first-order valence-electron chi connectivity index (χ1n) is 11.7. The van der Waals surface area contributed by atoms with Crippen LogP contribution < -0.4 is 0 Å². The fourth-order valence-corrected chi connectivity index (χ4v) is 4.68. The van der Waals surface area contributed by atoms with Crippen LogP contribution in [0.2, 0.25) is 0 Å². The van der Waals surface area contributed by atoms with Crippen LogP contribution in [0.1, 0.15) is 28.4 Å². The second-order valence-electron chi connectivity index (χ2n) is 8.85. The van der Waals surface area contributed by atoms with Crippen LogP contribution in [0.25, 0.3) is 22.3 Å². The summed E-state index contributed by atoms with van der Waals surface area (Å²) in [4.78, 5) is 28.1. The maximum absolute atomic E-state index is 14.3. The highest BCUT2D eigenvalue weighted by Crippen LogP contribution is 2.27. The van der Waals surface area contributed by atoms with Crippen LogP contribution in [0.15, 0.2) is 49.2 Å². The van der Waals surface area contributed by atoms with Gasteiger partial charge in [0.25, 0.3) is 5.91 Å². The molecular formula is C26H22F2N8O. The minimum absolute atomic E-state index is 0.127. The predicted octanol–water partition coefficient (Wildman–Crippen LogP) is 3.49. The van der Waals surface area contributed by atoms with Gasteiger partial charge in [-0.15, -0.1) is 0 Å². The Morgan fingerprint density at radius 3 is 2.57 bits per heavy atom. The van der Waals surface area contributed by atoms with E-state index in [-0.39, 0.29) is 18.0 Å². The summed E-state index contributed by atoms with van der Waals surface area (Å²) in [5.41, 5.74) is 1.65. The van der Waals surface area contributed by atoms with Gasteiger partial charge in [0.2, 0.25) is 0 Å². The minimum Gasteiger partial charge on any atom is -0.348 e. The Bertz CT molecular complexity index is 1510. The van der Waals surface area contributed by atoms with Gasteiger partial charge in [-0.3, -0.25) is 9.69 Å². The molecule has 186 valence electrons. The first kappa shape index (κ1) is 24.1. The number of rotatable bonds is 6. The molecule has 11 heteroatoms. The number of carbonyl (C=O) groups excluding carboxylic acids is 1. The maximum atomic E-state index is 14.3. The van der Waals surface area contributed by atoms with Gasteiger partial charge in [0, 0.05) is 62.3 Å². The Morgan fingerprint density at radius 2 is 1.86 bits per heavy atom. The summed E-state index contributed by atoms with van der Waals surface area (Å²) in [6.45, 7) is 2.15. The third-order valence-electron chi connectivity index (χ3n) is 6.60. The van der Waals surface area contributed by atoms with Crippen molar-refractivity contribution in [3.63, 3.8) is 0 Å². The average Bonchev–Trinajstić information content (AvgIpc) is 3.58. The van der Waals surface area contributed by atoms with Gasteiger partial charge < -0.3 is 14.5 Å². The molecule has 0 aliphatic carbocycles. The number of aromatic amines is 1. The highest BCUT2D eigenvalue weighted by molar-refractivity contribution is 5.95. The van der Waals surface area contributed by atoms with Crippen molar-refractivity contribution in [3.05, 3.63) is 71.9 Å². The summed E-state index contributed by atoms with van der Waals surface area (Å²) in [6, 6.07) is 9.41. The first-order chi connectivity index (χ1) is 18.0. The number of amides is 1. The second kappa shape index (κ2) is 10.2. The largest absolute Gasteiger partial charge is 0.348 e. The first-order valence-corrected chi connectivity index (χ1v) is 11.7. The highest BCUT2D eigenvalue weighted by atomic mass is 19.1. The molecule has 1 unspecified atom stereocenters. The molecule has 1 aliphatic heterocycles. The molecule has 1 aliphatic rings. The molecular weight excluding hydrogens is 478 g/mol. The predicted molar refractivity (Wildman–Crippen MR) is 130 cm³/mol. The van der Waals surface area contributed by atoms with Crippen molar-refractivity contribution < 1.29 is 13.6 Å². The fourth-order valence-electron chi connectivity index (χ4n) is 4.68. The van der Waals surface area contributed by atoms with Crippen LogP contribution in [0.4, 0.5) is 8.78 Å². The van der Waals surface area contributed by atoms with Crippen LogP contribution in [-0.4, -0.2) is 67.9 Å². The maximum Gasteiger partial charge on any atom is 0.259 e. The number of fused-ring (bicyclic) bond motifs is 1. The lowest BCUT2D eigenvalue weighted by molar-refractivity contribution is 0.0610. The van der Waals surface area contributed by atoms with Gasteiger partial charge in [-0.1, -0.05) is 0 Å². The summed E-state index contributed by atoms with van der Waals surface area (Å²) < 4.78 is 30.6. The van der Waals surface area contributed by atoms with Crippen molar-refractivity contribution in [2.75, 3.05) is 32.7 Å². The lowest BCUT2D eigenvalue weighted by Crippen LogP contribution is -2.50. The number of hydrogen-bond acceptors (Lipinski definition) is 6. The number of H-pyrrole nitrogens is 1. The fraction of sp³-hybridized carbons (Fsp3) is 0.269. The highest BCUT2D eigenvalue weighted by Gasteiger charge is 2.28. The number of nitrogens with one attached hydrogen (secondary N) is 1. The van der Waals surface area contributed by atoms with Crippen molar-refractivity contribution in [2.24, 2.45) is 0 Å². The van der Waals surface area contributed by atoms with E-state index in [9.17, 15) is 18.8 Å². The zero-order valence-electron chi connectivity index (χ0n) is 19.7. The zero-order chi connectivity index (χ0) is 25.9. The van der Waals surface area contributed by atoms with Gasteiger partial charge in [0.15, 0.2) is 0 Å². The molecule has 5 rings (SSSR count). The molecule has 37 heavy (non-hydrogen) atoms. The monoisotopic (exact) mass is 500 g/mol. The number of aromatic nitrogens is 4. The molecule has 4 aromatic rings. The van der Waals surface area contributed by atoms with E-state index in [0.29, 0.717) is 32.7 Å². The smallest absolute Gasteiger partial charge is 0.259 e. The number of benzene rings is 1. The number of hydrogen-bond donors (Lipinski definition) is 1. The van der Waals surface area contributed by atoms with E-state index in [1.54, 1.807) is 6.07 Å². The molecule has 0 spiro atoms. The zero-order valence-corrected chi connectivity index (χ0v) is 19.7. The molecule has 0 saturated carbocycles. The van der Waals surface area contributed by atoms with E-state index >= 15 is 0 Å². The lowest BCUT2D eigenvalue weighted by Gasteiger charge is -2.36. The number of nitrogens with zero attached hydrogens (tertiary/aromatic N) is 7. The molecule has 1 N–H and O–H groups in total. The van der Waals surface area contributed by atoms with Crippen molar-refractivity contribution in [3.8, 4) is 23.4 Å². The number of halogens is 2. The number of carbonyl (C=O) groups is 1. The van der Waals surface area contributed by atoms with E-state index in [1.807, 2.05) is 35.3 Å². The number of nitriles is 2. The molecule has 0 bridgehead atoms. The quantitative estimate of drug-likeness (QED) is 0.433. The molecule has 1 amide bonds. The lowest BCUT2D eigenvalue weighted by atomic mass is 10.1. The Kier molecular flexibility index (Phi) is 6.62. The van der Waals surface area contributed by atoms with Crippen molar-refractivity contribution in [1.82, 2.24) is 29.3 Å². The third kappa shape index (κ3) is 4.77. The summed E-state index contributed by atoms with van der Waals surface area (Å²) in [5, 5.41) is 19.2. The van der Waals surface area contributed by atoms with Gasteiger partial charge in [-0.05, 0) is 24.3 Å².